The number of rotatable bonds is 14. The highest BCUT2D eigenvalue weighted by Gasteiger charge is 2.20. The van der Waals surface area contributed by atoms with Gasteiger partial charge in [-0.1, -0.05) is 72.0 Å². The van der Waals surface area contributed by atoms with E-state index in [0.717, 1.165) is 18.0 Å². The van der Waals surface area contributed by atoms with Crippen LogP contribution >= 0.6 is 0 Å². The summed E-state index contributed by atoms with van der Waals surface area (Å²) in [6, 6.07) is 0. The number of hydrogen-bond donors (Lipinski definition) is 2. The van der Waals surface area contributed by atoms with Crippen LogP contribution in [0.15, 0.2) is 23.5 Å². The van der Waals surface area contributed by atoms with Crippen molar-refractivity contribution in [3.8, 4) is 0 Å². The molecule has 24 heavy (non-hydrogen) atoms. The van der Waals surface area contributed by atoms with E-state index in [1.807, 2.05) is 6.92 Å². The van der Waals surface area contributed by atoms with E-state index in [9.17, 15) is 0 Å². The van der Waals surface area contributed by atoms with Gasteiger partial charge in [-0.05, 0) is 44.9 Å². The molecule has 0 saturated carbocycles. The van der Waals surface area contributed by atoms with Crippen LogP contribution in [0.2, 0.25) is 0 Å². The highest BCUT2D eigenvalue weighted by molar-refractivity contribution is 5.20. The molecular weight excluding hydrogens is 292 g/mol. The van der Waals surface area contributed by atoms with Crippen molar-refractivity contribution in [2.75, 3.05) is 6.54 Å². The smallest absolute Gasteiger partial charge is 0.0184 e. The quantitative estimate of drug-likeness (QED) is 0.385. The Morgan fingerprint density at radius 1 is 0.958 bits per heavy atom. The van der Waals surface area contributed by atoms with Gasteiger partial charge in [0.1, 0.15) is 0 Å². The van der Waals surface area contributed by atoms with E-state index in [1.165, 1.54) is 56.2 Å². The van der Waals surface area contributed by atoms with Crippen LogP contribution in [0.3, 0.4) is 0 Å². The molecule has 142 valence electrons. The molecule has 3 N–H and O–H groups in total. The van der Waals surface area contributed by atoms with Crippen LogP contribution in [-0.4, -0.2) is 6.54 Å². The first-order valence-corrected chi connectivity index (χ1v) is 10.2. The summed E-state index contributed by atoms with van der Waals surface area (Å²) in [5.74, 6) is 1.92. The molecule has 0 rings (SSSR count). The topological polar surface area (TPSA) is 38.0 Å². The van der Waals surface area contributed by atoms with Gasteiger partial charge in [0.15, 0.2) is 0 Å². The van der Waals surface area contributed by atoms with Crippen LogP contribution in [0.25, 0.3) is 0 Å². The zero-order valence-corrected chi connectivity index (χ0v) is 17.4. The fraction of sp³-hybridized carbons (Fsp3) is 0.818. The van der Waals surface area contributed by atoms with Gasteiger partial charge < -0.3 is 11.1 Å². The fourth-order valence-corrected chi connectivity index (χ4v) is 3.42. The Balaban J connectivity index is 5.45. The second-order valence-electron chi connectivity index (χ2n) is 7.65. The minimum absolute atomic E-state index is 0.430. The summed E-state index contributed by atoms with van der Waals surface area (Å²) in [5, 5.41) is 3.58. The Bertz CT molecular complexity index is 370. The summed E-state index contributed by atoms with van der Waals surface area (Å²) in [6.07, 6.45) is 10.1. The Morgan fingerprint density at radius 3 is 2.08 bits per heavy atom. The van der Waals surface area contributed by atoms with Gasteiger partial charge in [-0.25, -0.2) is 0 Å². The molecule has 2 heteroatoms. The first kappa shape index (κ1) is 23.2. The van der Waals surface area contributed by atoms with Crippen molar-refractivity contribution in [2.24, 2.45) is 23.5 Å². The van der Waals surface area contributed by atoms with Gasteiger partial charge in [-0.3, -0.25) is 0 Å². The van der Waals surface area contributed by atoms with E-state index in [1.54, 1.807) is 0 Å². The van der Waals surface area contributed by atoms with Gasteiger partial charge in [0.05, 0.1) is 0 Å². The van der Waals surface area contributed by atoms with E-state index in [-0.39, 0.29) is 0 Å². The summed E-state index contributed by atoms with van der Waals surface area (Å²) < 4.78 is 0. The Morgan fingerprint density at radius 2 is 1.62 bits per heavy atom. The summed E-state index contributed by atoms with van der Waals surface area (Å²) in [5.41, 5.74) is 10.0. The summed E-state index contributed by atoms with van der Waals surface area (Å²) in [4.78, 5) is 0. The third-order valence-electron chi connectivity index (χ3n) is 5.33. The van der Waals surface area contributed by atoms with Gasteiger partial charge in [0, 0.05) is 23.9 Å². The standard InChI is InChI=1S/C22H44N2/c1-8-11-13-20(15-14-18(6)10-3)19(7)22(24-17(4)5)21(16-23)12-9-2/h18,20-21,24H,4,8-16,23H2,1-3,5-7H3/b22-19-. The largest absolute Gasteiger partial charge is 0.363 e. The van der Waals surface area contributed by atoms with Gasteiger partial charge in [0.2, 0.25) is 0 Å². The van der Waals surface area contributed by atoms with Gasteiger partial charge in [-0.2, -0.15) is 0 Å². The van der Waals surface area contributed by atoms with Crippen molar-refractivity contribution in [3.05, 3.63) is 23.5 Å². The van der Waals surface area contributed by atoms with Crippen LogP contribution in [0.5, 0.6) is 0 Å². The van der Waals surface area contributed by atoms with E-state index in [0.29, 0.717) is 18.4 Å². The number of unbranched alkanes of at least 4 members (excludes halogenated alkanes) is 1. The molecule has 0 fully saturated rings. The highest BCUT2D eigenvalue weighted by Crippen LogP contribution is 2.31. The molecule has 3 atom stereocenters. The molecule has 2 nitrogen and oxygen atoms in total. The maximum atomic E-state index is 6.11. The second kappa shape index (κ2) is 13.5. The fourth-order valence-electron chi connectivity index (χ4n) is 3.42. The molecule has 0 spiro atoms. The number of nitrogens with one attached hydrogen (secondary N) is 1. The van der Waals surface area contributed by atoms with Gasteiger partial charge in [0.25, 0.3) is 0 Å². The normalized spacial score (nSPS) is 16.3. The number of nitrogens with two attached hydrogens (primary N) is 1. The molecule has 0 heterocycles. The van der Waals surface area contributed by atoms with Crippen LogP contribution in [0, 0.1) is 17.8 Å². The molecule has 0 aliphatic rings. The zero-order chi connectivity index (χ0) is 18.5. The lowest BCUT2D eigenvalue weighted by Crippen LogP contribution is -2.28. The average Bonchev–Trinajstić information content (AvgIpc) is 2.56. The Hall–Kier alpha value is -0.760. The minimum atomic E-state index is 0.430. The lowest BCUT2D eigenvalue weighted by molar-refractivity contribution is 0.402. The Labute approximate surface area is 152 Å². The summed E-state index contributed by atoms with van der Waals surface area (Å²) in [6.45, 7) is 18.4. The molecule has 0 aromatic carbocycles. The predicted molar refractivity (Wildman–Crippen MR) is 110 cm³/mol. The Kier molecular flexibility index (Phi) is 13.1. The van der Waals surface area contributed by atoms with Crippen molar-refractivity contribution >= 4 is 0 Å². The molecule has 0 aromatic heterocycles. The van der Waals surface area contributed by atoms with Crippen molar-refractivity contribution < 1.29 is 0 Å². The van der Waals surface area contributed by atoms with Crippen LogP contribution in [0.4, 0.5) is 0 Å². The van der Waals surface area contributed by atoms with Crippen molar-refractivity contribution in [3.63, 3.8) is 0 Å². The number of hydrogen-bond acceptors (Lipinski definition) is 2. The van der Waals surface area contributed by atoms with Crippen LogP contribution in [-0.2, 0) is 0 Å². The first-order valence-electron chi connectivity index (χ1n) is 10.2. The third-order valence-corrected chi connectivity index (χ3v) is 5.33. The maximum absolute atomic E-state index is 6.11. The van der Waals surface area contributed by atoms with Crippen LogP contribution < -0.4 is 11.1 Å². The van der Waals surface area contributed by atoms with E-state index in [2.05, 4.69) is 46.5 Å². The summed E-state index contributed by atoms with van der Waals surface area (Å²) >= 11 is 0. The molecule has 0 saturated heterocycles. The maximum Gasteiger partial charge on any atom is 0.0184 e. The van der Waals surface area contributed by atoms with Crippen molar-refractivity contribution in [2.45, 2.75) is 92.9 Å². The average molecular weight is 337 g/mol. The second-order valence-corrected chi connectivity index (χ2v) is 7.65. The SMILES string of the molecule is C=C(C)N/C(=C(/C)C(CCCC)CCC(C)CC)C(CN)CCC. The van der Waals surface area contributed by atoms with Gasteiger partial charge in [-0.15, -0.1) is 0 Å². The van der Waals surface area contributed by atoms with Gasteiger partial charge >= 0.3 is 0 Å². The molecule has 0 amide bonds. The molecule has 0 aromatic rings. The summed E-state index contributed by atoms with van der Waals surface area (Å²) in [7, 11) is 0. The molecule has 0 bridgehead atoms. The molecule has 0 aliphatic carbocycles. The molecule has 0 radical (unpaired) electrons. The molecule has 3 unspecified atom stereocenters. The van der Waals surface area contributed by atoms with Crippen LogP contribution in [0.1, 0.15) is 92.9 Å². The first-order chi connectivity index (χ1) is 11.4. The molecule has 0 aliphatic heterocycles. The van der Waals surface area contributed by atoms with Crippen molar-refractivity contribution in [1.29, 1.82) is 0 Å². The third kappa shape index (κ3) is 8.92. The highest BCUT2D eigenvalue weighted by atomic mass is 14.9. The molecular formula is C22H44N2. The monoisotopic (exact) mass is 336 g/mol. The van der Waals surface area contributed by atoms with E-state index in [4.69, 9.17) is 5.73 Å². The van der Waals surface area contributed by atoms with Crippen molar-refractivity contribution in [1.82, 2.24) is 5.32 Å². The van der Waals surface area contributed by atoms with E-state index < -0.39 is 0 Å². The van der Waals surface area contributed by atoms with E-state index >= 15 is 0 Å². The lowest BCUT2D eigenvalue weighted by Gasteiger charge is -2.28. The minimum Gasteiger partial charge on any atom is -0.363 e. The predicted octanol–water partition coefficient (Wildman–Crippen LogP) is 6.39. The number of allylic oxidation sites excluding steroid dienone is 2. The lowest BCUT2D eigenvalue weighted by atomic mass is 9.83. The zero-order valence-electron chi connectivity index (χ0n) is 17.4.